The van der Waals surface area contributed by atoms with Crippen molar-refractivity contribution in [2.45, 2.75) is 38.9 Å². The van der Waals surface area contributed by atoms with E-state index in [0.29, 0.717) is 53.7 Å². The third-order valence-electron chi connectivity index (χ3n) is 4.82. The Labute approximate surface area is 176 Å². The molecule has 0 saturated carbocycles. The summed E-state index contributed by atoms with van der Waals surface area (Å²) in [6.45, 7) is 4.77. The number of benzene rings is 1. The van der Waals surface area contributed by atoms with E-state index in [-0.39, 0.29) is 18.0 Å². The van der Waals surface area contributed by atoms with Crippen molar-refractivity contribution >= 4 is 23.3 Å². The second-order valence-corrected chi connectivity index (χ2v) is 7.94. The van der Waals surface area contributed by atoms with Crippen LogP contribution in [0.3, 0.4) is 0 Å². The number of ether oxygens (including phenoxy) is 1. The van der Waals surface area contributed by atoms with Crippen LogP contribution in [0.5, 0.6) is 0 Å². The molecular weight excluding hydrogens is 419 g/mol. The molecule has 1 aliphatic rings. The lowest BCUT2D eigenvalue weighted by Gasteiger charge is -2.31. The Balaban J connectivity index is 1.63. The number of piperidine rings is 1. The van der Waals surface area contributed by atoms with Gasteiger partial charge in [-0.1, -0.05) is 12.1 Å². The molecule has 1 saturated heterocycles. The lowest BCUT2D eigenvalue weighted by molar-refractivity contribution is -0.137. The lowest BCUT2D eigenvalue weighted by Crippen LogP contribution is -2.46. The van der Waals surface area contributed by atoms with Gasteiger partial charge < -0.3 is 15.0 Å². The Morgan fingerprint density at radius 1 is 1.23 bits per heavy atom. The Kier molecular flexibility index (Phi) is 6.64. The molecule has 1 aromatic heterocycles. The summed E-state index contributed by atoms with van der Waals surface area (Å²) in [6, 6.07) is 4.65. The van der Waals surface area contributed by atoms with E-state index in [2.05, 4.69) is 10.3 Å². The Bertz CT molecular complexity index is 904. The van der Waals surface area contributed by atoms with Crippen LogP contribution in [0.1, 0.15) is 40.7 Å². The Hall–Kier alpha value is -2.62. The summed E-state index contributed by atoms with van der Waals surface area (Å²) in [6.07, 6.45) is -3.50. The highest BCUT2D eigenvalue weighted by atomic mass is 32.1. The smallest absolute Gasteiger partial charge is 0.416 e. The topological polar surface area (TPSA) is 71.5 Å². The first-order chi connectivity index (χ1) is 14.2. The fourth-order valence-electron chi connectivity index (χ4n) is 3.20. The third-order valence-corrected chi connectivity index (χ3v) is 6.02. The number of nitrogens with zero attached hydrogens (tertiary/aromatic N) is 2. The maximum atomic E-state index is 12.7. The number of hydrogen-bond acceptors (Lipinski definition) is 5. The van der Waals surface area contributed by atoms with Gasteiger partial charge in [0.1, 0.15) is 9.88 Å². The van der Waals surface area contributed by atoms with Crippen LogP contribution in [-0.2, 0) is 10.9 Å². The van der Waals surface area contributed by atoms with Crippen molar-refractivity contribution in [1.29, 1.82) is 0 Å². The second kappa shape index (κ2) is 9.03. The van der Waals surface area contributed by atoms with Crippen LogP contribution in [0, 0.1) is 6.92 Å². The number of thiazole rings is 1. The van der Waals surface area contributed by atoms with Crippen LogP contribution in [0.25, 0.3) is 10.6 Å². The third kappa shape index (κ3) is 5.10. The van der Waals surface area contributed by atoms with E-state index in [9.17, 15) is 22.8 Å². The van der Waals surface area contributed by atoms with E-state index in [1.54, 1.807) is 18.7 Å². The first kappa shape index (κ1) is 22.1. The molecule has 0 bridgehead atoms. The molecule has 1 fully saturated rings. The molecule has 1 aliphatic heterocycles. The summed E-state index contributed by atoms with van der Waals surface area (Å²) >= 11 is 1.15. The molecule has 3 rings (SSSR count). The van der Waals surface area contributed by atoms with Crippen molar-refractivity contribution in [3.05, 3.63) is 40.4 Å². The number of alkyl halides is 3. The van der Waals surface area contributed by atoms with Crippen molar-refractivity contribution in [1.82, 2.24) is 15.2 Å². The van der Waals surface area contributed by atoms with Crippen molar-refractivity contribution in [3.8, 4) is 10.6 Å². The highest BCUT2D eigenvalue weighted by Crippen LogP contribution is 2.33. The van der Waals surface area contributed by atoms with E-state index in [1.807, 2.05) is 0 Å². The minimum atomic E-state index is -4.40. The number of amides is 2. The number of aryl methyl sites for hydroxylation is 1. The zero-order valence-electron chi connectivity index (χ0n) is 16.6. The fraction of sp³-hybridized carbons (Fsp3) is 0.450. The molecule has 1 N–H and O–H groups in total. The van der Waals surface area contributed by atoms with Gasteiger partial charge >= 0.3 is 12.3 Å². The summed E-state index contributed by atoms with van der Waals surface area (Å²) < 4.78 is 43.2. The van der Waals surface area contributed by atoms with Gasteiger partial charge in [-0.3, -0.25) is 4.79 Å². The average molecular weight is 441 g/mol. The summed E-state index contributed by atoms with van der Waals surface area (Å²) in [5, 5.41) is 3.45. The van der Waals surface area contributed by atoms with Gasteiger partial charge in [0, 0.05) is 24.7 Å². The number of likely N-dealkylation sites (tertiary alicyclic amines) is 1. The number of carbonyl (C=O) groups is 2. The number of aromatic nitrogens is 1. The highest BCUT2D eigenvalue weighted by Gasteiger charge is 2.30. The summed E-state index contributed by atoms with van der Waals surface area (Å²) in [5.74, 6) is -0.266. The Morgan fingerprint density at radius 3 is 2.43 bits per heavy atom. The first-order valence-corrected chi connectivity index (χ1v) is 10.4. The molecular formula is C20H22F3N3O3S. The maximum absolute atomic E-state index is 12.7. The van der Waals surface area contributed by atoms with E-state index in [0.717, 1.165) is 23.5 Å². The zero-order valence-corrected chi connectivity index (χ0v) is 17.4. The van der Waals surface area contributed by atoms with Crippen LogP contribution < -0.4 is 5.32 Å². The fourth-order valence-corrected chi connectivity index (χ4v) is 4.18. The van der Waals surface area contributed by atoms with Crippen molar-refractivity contribution in [2.75, 3.05) is 19.7 Å². The van der Waals surface area contributed by atoms with Crippen molar-refractivity contribution in [3.63, 3.8) is 0 Å². The maximum Gasteiger partial charge on any atom is 0.416 e. The molecule has 2 aromatic rings. The predicted molar refractivity (Wildman–Crippen MR) is 106 cm³/mol. The van der Waals surface area contributed by atoms with Gasteiger partial charge in [0.05, 0.1) is 17.9 Å². The number of rotatable bonds is 4. The van der Waals surface area contributed by atoms with Gasteiger partial charge in [-0.2, -0.15) is 13.2 Å². The highest BCUT2D eigenvalue weighted by molar-refractivity contribution is 7.17. The molecule has 10 heteroatoms. The molecule has 0 radical (unpaired) electrons. The molecule has 2 amide bonds. The van der Waals surface area contributed by atoms with Crippen LogP contribution in [0.2, 0.25) is 0 Å². The van der Waals surface area contributed by atoms with Gasteiger partial charge in [-0.05, 0) is 38.8 Å². The predicted octanol–water partition coefficient (Wildman–Crippen LogP) is 4.49. The van der Waals surface area contributed by atoms with E-state index in [1.165, 1.54) is 12.1 Å². The molecule has 0 unspecified atom stereocenters. The van der Waals surface area contributed by atoms with Gasteiger partial charge in [0.2, 0.25) is 0 Å². The molecule has 162 valence electrons. The standard InChI is InChI=1S/C20H22F3N3O3S/c1-3-29-19(28)26-10-8-15(9-11-26)25-17(27)16-12(2)24-18(30-16)13-4-6-14(7-5-13)20(21,22)23/h4-7,15H,3,8-11H2,1-2H3,(H,25,27). The molecule has 6 nitrogen and oxygen atoms in total. The molecule has 0 atom stereocenters. The van der Waals surface area contributed by atoms with Gasteiger partial charge in [-0.25, -0.2) is 9.78 Å². The number of hydrogen-bond donors (Lipinski definition) is 1. The normalized spacial score (nSPS) is 15.2. The lowest BCUT2D eigenvalue weighted by atomic mass is 10.1. The SMILES string of the molecule is CCOC(=O)N1CCC(NC(=O)c2sc(-c3ccc(C(F)(F)F)cc3)nc2C)CC1. The quantitative estimate of drug-likeness (QED) is 0.759. The molecule has 1 aromatic carbocycles. The first-order valence-electron chi connectivity index (χ1n) is 9.56. The van der Waals surface area contributed by atoms with Gasteiger partial charge in [-0.15, -0.1) is 11.3 Å². The number of nitrogens with one attached hydrogen (secondary N) is 1. The summed E-state index contributed by atoms with van der Waals surface area (Å²) in [7, 11) is 0. The average Bonchev–Trinajstić information content (AvgIpc) is 3.10. The van der Waals surface area contributed by atoms with Crippen LogP contribution >= 0.6 is 11.3 Å². The van der Waals surface area contributed by atoms with Crippen molar-refractivity contribution < 1.29 is 27.5 Å². The largest absolute Gasteiger partial charge is 0.450 e. The van der Waals surface area contributed by atoms with Crippen LogP contribution in [-0.4, -0.2) is 47.6 Å². The minimum Gasteiger partial charge on any atom is -0.450 e. The number of carbonyl (C=O) groups excluding carboxylic acids is 2. The van der Waals surface area contributed by atoms with E-state index in [4.69, 9.17) is 4.74 Å². The molecule has 0 spiro atoms. The molecule has 2 heterocycles. The zero-order chi connectivity index (χ0) is 21.9. The van der Waals surface area contributed by atoms with Gasteiger partial charge in [0.15, 0.2) is 0 Å². The van der Waals surface area contributed by atoms with Crippen molar-refractivity contribution in [2.24, 2.45) is 0 Å². The van der Waals surface area contributed by atoms with E-state index >= 15 is 0 Å². The summed E-state index contributed by atoms with van der Waals surface area (Å²) in [5.41, 5.74) is 0.320. The van der Waals surface area contributed by atoms with E-state index < -0.39 is 11.7 Å². The minimum absolute atomic E-state index is 0.0702. The summed E-state index contributed by atoms with van der Waals surface area (Å²) in [4.78, 5) is 30.8. The molecule has 30 heavy (non-hydrogen) atoms. The monoisotopic (exact) mass is 441 g/mol. The Morgan fingerprint density at radius 2 is 1.87 bits per heavy atom. The van der Waals surface area contributed by atoms with Crippen LogP contribution in [0.15, 0.2) is 24.3 Å². The molecule has 0 aliphatic carbocycles. The van der Waals surface area contributed by atoms with Crippen LogP contribution in [0.4, 0.5) is 18.0 Å². The van der Waals surface area contributed by atoms with Gasteiger partial charge in [0.25, 0.3) is 5.91 Å². The number of halogens is 3. The second-order valence-electron chi connectivity index (χ2n) is 6.94.